The molecule has 1 aliphatic rings. The van der Waals surface area contributed by atoms with E-state index in [1.54, 1.807) is 4.90 Å². The van der Waals surface area contributed by atoms with Crippen LogP contribution in [0.4, 0.5) is 5.69 Å². The second-order valence-electron chi connectivity index (χ2n) is 8.73. The minimum atomic E-state index is -0.0305. The molecule has 0 bridgehead atoms. The molecular weight excluding hydrogens is 532 g/mol. The van der Waals surface area contributed by atoms with Crippen LogP contribution >= 0.6 is 27.7 Å². The Kier molecular flexibility index (Phi) is 7.25. The lowest BCUT2D eigenvalue weighted by Crippen LogP contribution is -2.35. The molecule has 0 unspecified atom stereocenters. The number of benzene rings is 4. The summed E-state index contributed by atoms with van der Waals surface area (Å²) in [7, 11) is 0. The van der Waals surface area contributed by atoms with Crippen LogP contribution in [0.25, 0.3) is 16.8 Å². The van der Waals surface area contributed by atoms with Crippen molar-refractivity contribution in [2.24, 2.45) is 4.99 Å². The molecule has 1 aliphatic heterocycles. The summed E-state index contributed by atoms with van der Waals surface area (Å²) in [5.41, 5.74) is 2.88. The van der Waals surface area contributed by atoms with Crippen LogP contribution in [-0.2, 0) is 11.4 Å². The maximum absolute atomic E-state index is 13.2. The summed E-state index contributed by atoms with van der Waals surface area (Å²) in [5, 5.41) is 3.09. The third-order valence-corrected chi connectivity index (χ3v) is 7.45. The molecule has 36 heavy (non-hydrogen) atoms. The minimum Gasteiger partial charge on any atom is -0.488 e. The number of rotatable bonds is 6. The van der Waals surface area contributed by atoms with Gasteiger partial charge in [-0.15, -0.1) is 0 Å². The Morgan fingerprint density at radius 3 is 2.50 bits per heavy atom. The summed E-state index contributed by atoms with van der Waals surface area (Å²) in [6, 6.07) is 30.2. The van der Waals surface area contributed by atoms with E-state index in [9.17, 15) is 4.79 Å². The maximum atomic E-state index is 13.2. The lowest BCUT2D eigenvalue weighted by atomic mass is 10.1. The van der Waals surface area contributed by atoms with Gasteiger partial charge in [-0.3, -0.25) is 9.69 Å². The monoisotopic (exact) mass is 556 g/mol. The van der Waals surface area contributed by atoms with E-state index < -0.39 is 0 Å². The van der Waals surface area contributed by atoms with Gasteiger partial charge in [0.1, 0.15) is 12.4 Å². The lowest BCUT2D eigenvalue weighted by molar-refractivity contribution is -0.123. The van der Waals surface area contributed by atoms with E-state index in [4.69, 9.17) is 9.73 Å². The fraction of sp³-hybridized carbons (Fsp3) is 0.133. The van der Waals surface area contributed by atoms with Gasteiger partial charge in [-0.2, -0.15) is 0 Å². The van der Waals surface area contributed by atoms with E-state index in [1.807, 2.05) is 80.6 Å². The molecule has 1 fully saturated rings. The summed E-state index contributed by atoms with van der Waals surface area (Å²) in [5.74, 6) is 0.725. The molecule has 0 N–H and O–H groups in total. The van der Waals surface area contributed by atoms with Gasteiger partial charge in [-0.1, -0.05) is 66.7 Å². The summed E-state index contributed by atoms with van der Waals surface area (Å²) >= 11 is 5.05. The van der Waals surface area contributed by atoms with Gasteiger partial charge in [-0.05, 0) is 93.8 Å². The van der Waals surface area contributed by atoms with Gasteiger partial charge in [0.25, 0.3) is 5.91 Å². The zero-order valence-electron chi connectivity index (χ0n) is 20.0. The third-order valence-electron chi connectivity index (χ3n) is 5.85. The number of amides is 1. The van der Waals surface area contributed by atoms with Crippen molar-refractivity contribution in [3.05, 3.63) is 112 Å². The van der Waals surface area contributed by atoms with Gasteiger partial charge in [-0.25, -0.2) is 4.99 Å². The van der Waals surface area contributed by atoms with Crippen molar-refractivity contribution in [2.45, 2.75) is 26.5 Å². The molecule has 0 aliphatic carbocycles. The number of carbonyl (C=O) groups is 1. The molecule has 1 amide bonds. The van der Waals surface area contributed by atoms with Crippen LogP contribution in [0.2, 0.25) is 0 Å². The van der Waals surface area contributed by atoms with E-state index in [0.717, 1.165) is 27.0 Å². The highest BCUT2D eigenvalue weighted by molar-refractivity contribution is 9.10. The number of ether oxygens (including phenoxy) is 1. The van der Waals surface area contributed by atoms with Crippen molar-refractivity contribution in [1.82, 2.24) is 4.90 Å². The fourth-order valence-electron chi connectivity index (χ4n) is 4.08. The molecule has 6 heteroatoms. The first-order valence-corrected chi connectivity index (χ1v) is 13.4. The van der Waals surface area contributed by atoms with Crippen molar-refractivity contribution in [2.75, 3.05) is 0 Å². The van der Waals surface area contributed by atoms with Crippen LogP contribution in [0, 0.1) is 0 Å². The van der Waals surface area contributed by atoms with Crippen molar-refractivity contribution in [1.29, 1.82) is 0 Å². The van der Waals surface area contributed by atoms with Gasteiger partial charge >= 0.3 is 0 Å². The van der Waals surface area contributed by atoms with Crippen molar-refractivity contribution in [3.8, 4) is 5.75 Å². The van der Waals surface area contributed by atoms with Crippen LogP contribution in [0.1, 0.15) is 25.0 Å². The van der Waals surface area contributed by atoms with E-state index in [-0.39, 0.29) is 11.9 Å². The molecule has 0 spiro atoms. The minimum absolute atomic E-state index is 0.00921. The molecule has 5 rings (SSSR count). The Balaban J connectivity index is 1.35. The predicted molar refractivity (Wildman–Crippen MR) is 154 cm³/mol. The zero-order chi connectivity index (χ0) is 25.1. The smallest absolute Gasteiger partial charge is 0.266 e. The highest BCUT2D eigenvalue weighted by Gasteiger charge is 2.35. The Bertz CT molecular complexity index is 1480. The van der Waals surface area contributed by atoms with Crippen LogP contribution in [0.5, 0.6) is 5.75 Å². The lowest BCUT2D eigenvalue weighted by Gasteiger charge is -2.19. The number of fused-ring (bicyclic) bond motifs is 1. The molecule has 180 valence electrons. The number of hydrogen-bond donors (Lipinski definition) is 0. The van der Waals surface area contributed by atoms with E-state index >= 15 is 0 Å². The van der Waals surface area contributed by atoms with Crippen molar-refractivity contribution >= 4 is 61.3 Å². The average Bonchev–Trinajstić information content (AvgIpc) is 3.18. The van der Waals surface area contributed by atoms with E-state index in [2.05, 4.69) is 46.3 Å². The number of nitrogens with zero attached hydrogens (tertiary/aromatic N) is 2. The SMILES string of the molecule is CC(C)N1C(=O)/C(=C\c2ccc(OCc3cccc4ccccc34)c(Br)c2)SC1=Nc1ccccc1. The number of carbonyl (C=O) groups excluding carboxylic acids is 1. The summed E-state index contributed by atoms with van der Waals surface area (Å²) in [6.07, 6.45) is 1.91. The Morgan fingerprint density at radius 2 is 1.72 bits per heavy atom. The molecular formula is C30H25BrN2O2S. The molecule has 4 aromatic rings. The number of hydrogen-bond acceptors (Lipinski definition) is 4. The highest BCUT2D eigenvalue weighted by Crippen LogP contribution is 2.36. The molecule has 0 radical (unpaired) electrons. The average molecular weight is 558 g/mol. The van der Waals surface area contributed by atoms with Gasteiger partial charge in [0.15, 0.2) is 5.17 Å². The third kappa shape index (κ3) is 5.25. The van der Waals surface area contributed by atoms with E-state index in [1.165, 1.54) is 22.5 Å². The summed E-state index contributed by atoms with van der Waals surface area (Å²) in [4.78, 5) is 20.3. The van der Waals surface area contributed by atoms with Gasteiger partial charge < -0.3 is 4.74 Å². The predicted octanol–water partition coefficient (Wildman–Crippen LogP) is 8.19. The number of thioether (sulfide) groups is 1. The topological polar surface area (TPSA) is 41.9 Å². The number of amidine groups is 1. The second kappa shape index (κ2) is 10.7. The number of aliphatic imine (C=N–C) groups is 1. The standard InChI is InChI=1S/C30H25BrN2O2S/c1-20(2)33-29(34)28(36-30(33)32-24-12-4-3-5-13-24)18-21-15-16-27(26(31)17-21)35-19-23-11-8-10-22-9-6-7-14-25(22)23/h3-18,20H,19H2,1-2H3/b28-18+,32-30?. The Morgan fingerprint density at radius 1 is 0.972 bits per heavy atom. The second-order valence-corrected chi connectivity index (χ2v) is 10.6. The maximum Gasteiger partial charge on any atom is 0.266 e. The molecule has 0 aromatic heterocycles. The van der Waals surface area contributed by atoms with Crippen molar-refractivity contribution in [3.63, 3.8) is 0 Å². The zero-order valence-corrected chi connectivity index (χ0v) is 22.4. The summed E-state index contributed by atoms with van der Waals surface area (Å²) in [6.45, 7) is 4.47. The number of para-hydroxylation sites is 1. The van der Waals surface area contributed by atoms with Crippen LogP contribution in [0.3, 0.4) is 0 Å². The normalized spacial score (nSPS) is 16.0. The Hall–Kier alpha value is -3.35. The van der Waals surface area contributed by atoms with Gasteiger partial charge in [0.2, 0.25) is 0 Å². The van der Waals surface area contributed by atoms with Gasteiger partial charge in [0.05, 0.1) is 15.1 Å². The molecule has 1 saturated heterocycles. The fourth-order valence-corrected chi connectivity index (χ4v) is 5.71. The largest absolute Gasteiger partial charge is 0.488 e. The first kappa shape index (κ1) is 24.3. The van der Waals surface area contributed by atoms with Crippen LogP contribution < -0.4 is 4.74 Å². The molecule has 0 saturated carbocycles. The van der Waals surface area contributed by atoms with Crippen LogP contribution in [-0.4, -0.2) is 22.0 Å². The van der Waals surface area contributed by atoms with Crippen molar-refractivity contribution < 1.29 is 9.53 Å². The summed E-state index contributed by atoms with van der Waals surface area (Å²) < 4.78 is 6.98. The molecule has 1 heterocycles. The molecule has 0 atom stereocenters. The first-order chi connectivity index (χ1) is 17.5. The molecule has 4 aromatic carbocycles. The first-order valence-electron chi connectivity index (χ1n) is 11.8. The van der Waals surface area contributed by atoms with E-state index in [0.29, 0.717) is 16.7 Å². The highest BCUT2D eigenvalue weighted by atomic mass is 79.9. The van der Waals surface area contributed by atoms with Crippen LogP contribution in [0.15, 0.2) is 105 Å². The quantitative estimate of drug-likeness (QED) is 0.225. The Labute approximate surface area is 223 Å². The number of halogens is 1. The van der Waals surface area contributed by atoms with Gasteiger partial charge in [0, 0.05) is 6.04 Å². The molecule has 4 nitrogen and oxygen atoms in total.